The van der Waals surface area contributed by atoms with Crippen LogP contribution in [0.25, 0.3) is 12.2 Å². The summed E-state index contributed by atoms with van der Waals surface area (Å²) >= 11 is -2.42. The summed E-state index contributed by atoms with van der Waals surface area (Å²) in [6.07, 6.45) is 6.12. The Balaban J connectivity index is 1.97. The van der Waals surface area contributed by atoms with Crippen molar-refractivity contribution in [1.82, 2.24) is 0 Å². The standard InChI is InChI=1S/2C9H7O.ClH.Pd/c2*10-8-4-7-9-5-2-1-3-6-9;;/h2*1-7H;1H;/q;;;+1/p-1. The van der Waals surface area contributed by atoms with Crippen molar-refractivity contribution in [2.24, 2.45) is 0 Å². The fourth-order valence-corrected chi connectivity index (χ4v) is 3.17. The zero-order valence-electron chi connectivity index (χ0n) is 11.6. The Morgan fingerprint density at radius 3 is 1.45 bits per heavy atom. The molecule has 0 aromatic heterocycles. The van der Waals surface area contributed by atoms with E-state index in [9.17, 15) is 9.59 Å². The molecule has 2 aromatic carbocycles. The minimum atomic E-state index is -2.42. The molecule has 0 spiro atoms. The van der Waals surface area contributed by atoms with E-state index in [-0.39, 0.29) is 8.51 Å². The first-order chi connectivity index (χ1) is 10.7. The molecule has 0 N–H and O–H groups in total. The van der Waals surface area contributed by atoms with E-state index < -0.39 is 15.7 Å². The van der Waals surface area contributed by atoms with E-state index in [1.807, 2.05) is 60.7 Å². The van der Waals surface area contributed by atoms with Gasteiger partial charge >= 0.3 is 139 Å². The van der Waals surface area contributed by atoms with E-state index in [0.29, 0.717) is 0 Å². The number of halogens is 1. The predicted molar refractivity (Wildman–Crippen MR) is 86.8 cm³/mol. The number of benzene rings is 2. The van der Waals surface area contributed by atoms with Crippen LogP contribution in [0.1, 0.15) is 11.1 Å². The van der Waals surface area contributed by atoms with Gasteiger partial charge in [0.25, 0.3) is 0 Å². The van der Waals surface area contributed by atoms with Gasteiger partial charge < -0.3 is 0 Å². The van der Waals surface area contributed by atoms with Gasteiger partial charge in [-0.15, -0.1) is 0 Å². The zero-order chi connectivity index (χ0) is 15.8. The monoisotopic (exact) mass is 403 g/mol. The summed E-state index contributed by atoms with van der Waals surface area (Å²) in [5.74, 6) is 0. The van der Waals surface area contributed by atoms with Gasteiger partial charge in [0.2, 0.25) is 0 Å². The molecule has 0 fully saturated rings. The van der Waals surface area contributed by atoms with Crippen molar-refractivity contribution in [3.05, 3.63) is 83.9 Å². The third kappa shape index (κ3) is 5.20. The van der Waals surface area contributed by atoms with Gasteiger partial charge in [0.1, 0.15) is 0 Å². The normalized spacial score (nSPS) is 11.8. The maximum absolute atomic E-state index is 11.9. The first-order valence-corrected chi connectivity index (χ1v) is 10.0. The summed E-state index contributed by atoms with van der Waals surface area (Å²) in [6, 6.07) is 18.8. The number of hydrogen-bond donors (Lipinski definition) is 0. The number of rotatable bonds is 6. The first-order valence-electron chi connectivity index (χ1n) is 6.49. The fourth-order valence-electron chi connectivity index (χ4n) is 1.61. The molecule has 0 unspecified atom stereocenters. The van der Waals surface area contributed by atoms with Crippen molar-refractivity contribution < 1.29 is 25.3 Å². The molecule has 4 heteroatoms. The average molecular weight is 404 g/mol. The number of carbonyl (C=O) groups excluding carboxylic acids is 2. The summed E-state index contributed by atoms with van der Waals surface area (Å²) in [5, 5.41) is 0. The fraction of sp³-hybridized carbons (Fsp3) is 0. The van der Waals surface area contributed by atoms with Crippen LogP contribution in [0, 0.1) is 0 Å². The van der Waals surface area contributed by atoms with Crippen LogP contribution < -0.4 is 0 Å². The van der Waals surface area contributed by atoms with Crippen LogP contribution >= 0.6 is 9.53 Å². The summed E-state index contributed by atoms with van der Waals surface area (Å²) in [7, 11) is 6.03. The van der Waals surface area contributed by atoms with E-state index in [1.165, 1.54) is 12.2 Å². The van der Waals surface area contributed by atoms with Gasteiger partial charge in [-0.05, 0) is 0 Å². The van der Waals surface area contributed by atoms with E-state index in [2.05, 4.69) is 0 Å². The topological polar surface area (TPSA) is 34.1 Å². The van der Waals surface area contributed by atoms with Crippen LogP contribution in [0.4, 0.5) is 0 Å². The molecule has 2 nitrogen and oxygen atoms in total. The molecule has 0 saturated carbocycles. The van der Waals surface area contributed by atoms with Crippen LogP contribution in [0.3, 0.4) is 0 Å². The van der Waals surface area contributed by atoms with Crippen LogP contribution in [0.15, 0.2) is 72.8 Å². The molecular weight excluding hydrogens is 390 g/mol. The molecule has 0 heterocycles. The molecule has 0 aliphatic rings. The van der Waals surface area contributed by atoms with Gasteiger partial charge in [-0.25, -0.2) is 0 Å². The molecule has 2 rings (SSSR count). The van der Waals surface area contributed by atoms with Crippen molar-refractivity contribution in [2.45, 2.75) is 0 Å². The second-order valence-electron chi connectivity index (χ2n) is 4.23. The van der Waals surface area contributed by atoms with Crippen molar-refractivity contribution in [1.29, 1.82) is 0 Å². The third-order valence-electron chi connectivity index (χ3n) is 2.67. The second-order valence-corrected chi connectivity index (χ2v) is 8.16. The summed E-state index contributed by atoms with van der Waals surface area (Å²) in [6.45, 7) is 0. The zero-order valence-corrected chi connectivity index (χ0v) is 13.9. The van der Waals surface area contributed by atoms with Crippen LogP contribution in [-0.4, -0.2) is 8.51 Å². The Kier molecular flexibility index (Phi) is 6.49. The van der Waals surface area contributed by atoms with Crippen LogP contribution in [0.2, 0.25) is 0 Å². The predicted octanol–water partition coefficient (Wildman–Crippen LogP) is 4.24. The molecule has 0 amide bonds. The number of hydrogen-bond acceptors (Lipinski definition) is 2. The average Bonchev–Trinajstić information content (AvgIpc) is 2.58. The van der Waals surface area contributed by atoms with Gasteiger partial charge in [0, 0.05) is 0 Å². The molecule has 22 heavy (non-hydrogen) atoms. The van der Waals surface area contributed by atoms with E-state index >= 15 is 0 Å². The maximum atomic E-state index is 11.9. The molecule has 0 saturated heterocycles. The van der Waals surface area contributed by atoms with Crippen molar-refractivity contribution in [3.8, 4) is 0 Å². The van der Waals surface area contributed by atoms with Crippen molar-refractivity contribution >= 4 is 30.2 Å². The quantitative estimate of drug-likeness (QED) is 0.533. The number of carbonyl (C=O) groups is 2. The van der Waals surface area contributed by atoms with E-state index in [1.54, 1.807) is 12.2 Å². The van der Waals surface area contributed by atoms with Gasteiger partial charge in [-0.2, -0.15) is 0 Å². The molecule has 0 aliphatic carbocycles. The number of allylic oxidation sites excluding steroid dienone is 2. The molecular formula is C18H14ClO2Pd. The Hall–Kier alpha value is -1.79. The molecule has 115 valence electrons. The molecule has 0 bridgehead atoms. The molecule has 0 radical (unpaired) electrons. The van der Waals surface area contributed by atoms with E-state index in [4.69, 9.17) is 9.53 Å². The van der Waals surface area contributed by atoms with Crippen LogP contribution in [0.5, 0.6) is 0 Å². The Morgan fingerprint density at radius 1 is 0.727 bits per heavy atom. The molecule has 0 aliphatic heterocycles. The molecule has 0 atom stereocenters. The third-order valence-corrected chi connectivity index (χ3v) is 5.92. The Morgan fingerprint density at radius 2 is 1.09 bits per heavy atom. The summed E-state index contributed by atoms with van der Waals surface area (Å²) in [4.78, 5) is 23.9. The Labute approximate surface area is 139 Å². The van der Waals surface area contributed by atoms with Crippen molar-refractivity contribution in [3.63, 3.8) is 0 Å². The molecule has 2 aromatic rings. The van der Waals surface area contributed by atoms with Gasteiger partial charge in [0.15, 0.2) is 0 Å². The van der Waals surface area contributed by atoms with Crippen LogP contribution in [-0.2, 0) is 25.3 Å². The summed E-state index contributed by atoms with van der Waals surface area (Å²) in [5.41, 5.74) is 1.80. The minimum absolute atomic E-state index is 0.306. The van der Waals surface area contributed by atoms with Gasteiger partial charge in [-0.3, -0.25) is 0 Å². The van der Waals surface area contributed by atoms with Gasteiger partial charge in [-0.1, -0.05) is 0 Å². The van der Waals surface area contributed by atoms with E-state index in [0.717, 1.165) is 11.1 Å². The first kappa shape index (κ1) is 16.6. The Bertz CT molecular complexity index is 632. The van der Waals surface area contributed by atoms with Crippen molar-refractivity contribution in [2.75, 3.05) is 0 Å². The second kappa shape index (κ2) is 8.61. The summed E-state index contributed by atoms with van der Waals surface area (Å²) < 4.78 is -0.613. The van der Waals surface area contributed by atoms with Gasteiger partial charge in [0.05, 0.1) is 0 Å². The SMILES string of the molecule is O=[C](C=Cc1ccccc1)[Pd]([Cl])[C](=O)C=Cc1ccccc1.